The van der Waals surface area contributed by atoms with E-state index < -0.39 is 0 Å². The number of nitrogens with zero attached hydrogens (tertiary/aromatic N) is 2. The number of aryl methyl sites for hydroxylation is 3. The van der Waals surface area contributed by atoms with Gasteiger partial charge in [0.05, 0.1) is 0 Å². The molecule has 6 nitrogen and oxygen atoms in total. The zero-order valence-corrected chi connectivity index (χ0v) is 14.6. The van der Waals surface area contributed by atoms with Crippen LogP contribution < -0.4 is 10.6 Å². The van der Waals surface area contributed by atoms with Gasteiger partial charge in [-0.3, -0.25) is 4.79 Å². The van der Waals surface area contributed by atoms with E-state index in [0.29, 0.717) is 24.8 Å². The zero-order chi connectivity index (χ0) is 17.5. The minimum absolute atomic E-state index is 0.243. The molecule has 1 heterocycles. The summed E-state index contributed by atoms with van der Waals surface area (Å²) in [7, 11) is 1.67. The van der Waals surface area contributed by atoms with E-state index >= 15 is 0 Å². The largest absolute Gasteiger partial charge is 0.385 e. The number of carbonyl (C=O) groups is 1. The second kappa shape index (κ2) is 8.40. The number of aromatic nitrogens is 2. The Hall–Kier alpha value is -2.47. The van der Waals surface area contributed by atoms with Crippen LogP contribution in [-0.4, -0.2) is 36.1 Å². The van der Waals surface area contributed by atoms with E-state index in [-0.39, 0.29) is 5.91 Å². The Balaban J connectivity index is 2.09. The number of carbonyl (C=O) groups excluding carboxylic acids is 1. The minimum atomic E-state index is -0.243. The van der Waals surface area contributed by atoms with Gasteiger partial charge in [0, 0.05) is 31.6 Å². The van der Waals surface area contributed by atoms with Gasteiger partial charge in [-0.2, -0.15) is 0 Å². The van der Waals surface area contributed by atoms with E-state index in [2.05, 4.69) is 20.6 Å². The highest BCUT2D eigenvalue weighted by atomic mass is 16.5. The molecule has 0 fully saturated rings. The molecule has 0 radical (unpaired) electrons. The first-order valence-corrected chi connectivity index (χ1v) is 7.96. The van der Waals surface area contributed by atoms with Gasteiger partial charge in [0.25, 0.3) is 5.91 Å². The number of rotatable bonds is 7. The summed E-state index contributed by atoms with van der Waals surface area (Å²) in [6, 6.07) is 7.58. The van der Waals surface area contributed by atoms with Crippen LogP contribution in [0, 0.1) is 20.8 Å². The number of nitrogens with one attached hydrogen (secondary N) is 2. The molecule has 2 rings (SSSR count). The first kappa shape index (κ1) is 17.9. The van der Waals surface area contributed by atoms with Gasteiger partial charge < -0.3 is 15.4 Å². The van der Waals surface area contributed by atoms with Crippen LogP contribution in [0.25, 0.3) is 0 Å². The van der Waals surface area contributed by atoms with Crippen LogP contribution in [0.15, 0.2) is 24.3 Å². The van der Waals surface area contributed by atoms with Crippen molar-refractivity contribution in [3.05, 3.63) is 46.8 Å². The molecule has 0 aliphatic heterocycles. The minimum Gasteiger partial charge on any atom is -0.385 e. The van der Waals surface area contributed by atoms with Crippen LogP contribution in [0.4, 0.5) is 11.6 Å². The molecule has 1 amide bonds. The first-order valence-electron chi connectivity index (χ1n) is 7.96. The van der Waals surface area contributed by atoms with Crippen molar-refractivity contribution in [2.24, 2.45) is 0 Å². The Kier molecular flexibility index (Phi) is 6.26. The van der Waals surface area contributed by atoms with E-state index in [1.807, 2.05) is 39.0 Å². The van der Waals surface area contributed by atoms with Crippen LogP contribution >= 0.6 is 0 Å². The highest BCUT2D eigenvalue weighted by molar-refractivity contribution is 6.03. The summed E-state index contributed by atoms with van der Waals surface area (Å²) in [5, 5.41) is 6.02. The molecule has 1 aromatic heterocycles. The van der Waals surface area contributed by atoms with E-state index in [1.54, 1.807) is 13.2 Å². The van der Waals surface area contributed by atoms with Gasteiger partial charge in [-0.05, 0) is 44.9 Å². The molecule has 0 unspecified atom stereocenters. The van der Waals surface area contributed by atoms with Gasteiger partial charge in [-0.1, -0.05) is 17.7 Å². The molecule has 2 aromatic rings. The van der Waals surface area contributed by atoms with Crippen molar-refractivity contribution < 1.29 is 9.53 Å². The van der Waals surface area contributed by atoms with Crippen molar-refractivity contribution in [3.8, 4) is 0 Å². The molecular weight excluding hydrogens is 304 g/mol. The third-order valence-electron chi connectivity index (χ3n) is 3.53. The summed E-state index contributed by atoms with van der Waals surface area (Å²) in [4.78, 5) is 21.1. The normalized spacial score (nSPS) is 10.5. The Morgan fingerprint density at radius 2 is 1.96 bits per heavy atom. The fraction of sp³-hybridized carbons (Fsp3) is 0.389. The maximum absolute atomic E-state index is 12.5. The summed E-state index contributed by atoms with van der Waals surface area (Å²) < 4.78 is 5.01. The number of methoxy groups -OCH3 is 1. The summed E-state index contributed by atoms with van der Waals surface area (Å²) in [5.41, 5.74) is 4.05. The average molecular weight is 328 g/mol. The lowest BCUT2D eigenvalue weighted by atomic mass is 10.1. The monoisotopic (exact) mass is 328 g/mol. The summed E-state index contributed by atoms with van der Waals surface area (Å²) in [6.07, 6.45) is 0.845. The standard InChI is InChI=1S/C18H24N4O2/c1-12-6-7-15(13(2)10-12)21-17(23)16-11-14(3)20-18(22-16)19-8-5-9-24-4/h6-7,10-11H,5,8-9H2,1-4H3,(H,21,23)(H,19,20,22). The third kappa shape index (κ3) is 5.03. The lowest BCUT2D eigenvalue weighted by molar-refractivity contribution is 0.102. The number of anilines is 2. The van der Waals surface area contributed by atoms with Crippen LogP contribution in [-0.2, 0) is 4.74 Å². The van der Waals surface area contributed by atoms with E-state index in [0.717, 1.165) is 28.9 Å². The van der Waals surface area contributed by atoms with E-state index in [4.69, 9.17) is 4.74 Å². The van der Waals surface area contributed by atoms with Crippen molar-refractivity contribution in [2.45, 2.75) is 27.2 Å². The van der Waals surface area contributed by atoms with Crippen molar-refractivity contribution in [1.29, 1.82) is 0 Å². The molecule has 0 saturated carbocycles. The van der Waals surface area contributed by atoms with Crippen LogP contribution in [0.1, 0.15) is 33.7 Å². The zero-order valence-electron chi connectivity index (χ0n) is 14.6. The van der Waals surface area contributed by atoms with Gasteiger partial charge in [0.15, 0.2) is 0 Å². The van der Waals surface area contributed by atoms with Crippen molar-refractivity contribution in [1.82, 2.24) is 9.97 Å². The molecule has 24 heavy (non-hydrogen) atoms. The molecule has 6 heteroatoms. The van der Waals surface area contributed by atoms with E-state index in [1.165, 1.54) is 0 Å². The van der Waals surface area contributed by atoms with Gasteiger partial charge in [0.1, 0.15) is 5.69 Å². The van der Waals surface area contributed by atoms with Crippen LogP contribution in [0.5, 0.6) is 0 Å². The molecule has 0 aliphatic rings. The maximum atomic E-state index is 12.5. The van der Waals surface area contributed by atoms with Crippen molar-refractivity contribution in [2.75, 3.05) is 30.9 Å². The lowest BCUT2D eigenvalue weighted by Crippen LogP contribution is -2.17. The molecule has 0 bridgehead atoms. The van der Waals surface area contributed by atoms with Gasteiger partial charge in [0.2, 0.25) is 5.95 Å². The fourth-order valence-corrected chi connectivity index (χ4v) is 2.32. The number of benzene rings is 1. The fourth-order valence-electron chi connectivity index (χ4n) is 2.32. The lowest BCUT2D eigenvalue weighted by Gasteiger charge is -2.10. The quantitative estimate of drug-likeness (QED) is 0.764. The molecule has 128 valence electrons. The first-order chi connectivity index (χ1) is 11.5. The molecule has 0 saturated heterocycles. The summed E-state index contributed by atoms with van der Waals surface area (Å²) in [5.74, 6) is 0.212. The van der Waals surface area contributed by atoms with Crippen LogP contribution in [0.3, 0.4) is 0 Å². The van der Waals surface area contributed by atoms with Gasteiger partial charge >= 0.3 is 0 Å². The Labute approximate surface area is 142 Å². The Morgan fingerprint density at radius 1 is 1.17 bits per heavy atom. The number of hydrogen-bond donors (Lipinski definition) is 2. The Morgan fingerprint density at radius 3 is 2.67 bits per heavy atom. The predicted molar refractivity (Wildman–Crippen MR) is 95.6 cm³/mol. The SMILES string of the molecule is COCCCNc1nc(C)cc(C(=O)Nc2ccc(C)cc2C)n1. The molecular formula is C18H24N4O2. The summed E-state index contributed by atoms with van der Waals surface area (Å²) in [6.45, 7) is 7.19. The second-order valence-electron chi connectivity index (χ2n) is 5.76. The van der Waals surface area contributed by atoms with Gasteiger partial charge in [-0.15, -0.1) is 0 Å². The average Bonchev–Trinajstić information content (AvgIpc) is 2.53. The highest BCUT2D eigenvalue weighted by Gasteiger charge is 2.12. The third-order valence-corrected chi connectivity index (χ3v) is 3.53. The molecule has 1 aromatic carbocycles. The second-order valence-corrected chi connectivity index (χ2v) is 5.76. The van der Waals surface area contributed by atoms with Gasteiger partial charge in [-0.25, -0.2) is 9.97 Å². The highest BCUT2D eigenvalue weighted by Crippen LogP contribution is 2.17. The maximum Gasteiger partial charge on any atom is 0.274 e. The molecule has 0 aliphatic carbocycles. The van der Waals surface area contributed by atoms with Crippen molar-refractivity contribution >= 4 is 17.5 Å². The number of ether oxygens (including phenoxy) is 1. The molecule has 0 spiro atoms. The predicted octanol–water partition coefficient (Wildman–Crippen LogP) is 3.10. The van der Waals surface area contributed by atoms with E-state index in [9.17, 15) is 4.79 Å². The number of hydrogen-bond acceptors (Lipinski definition) is 5. The van der Waals surface area contributed by atoms with Crippen LogP contribution in [0.2, 0.25) is 0 Å². The molecule has 0 atom stereocenters. The summed E-state index contributed by atoms with van der Waals surface area (Å²) >= 11 is 0. The smallest absolute Gasteiger partial charge is 0.274 e. The topological polar surface area (TPSA) is 76.1 Å². The molecule has 2 N–H and O–H groups in total. The van der Waals surface area contributed by atoms with Crippen molar-refractivity contribution in [3.63, 3.8) is 0 Å². The number of amides is 1. The Bertz CT molecular complexity index is 716.